The molecule has 2 aliphatic heterocycles. The quantitative estimate of drug-likeness (QED) is 0.142. The fourth-order valence-electron chi connectivity index (χ4n) is 7.14. The number of aromatic nitrogens is 4. The third kappa shape index (κ3) is 8.04. The molecule has 4 aromatic rings. The highest BCUT2D eigenvalue weighted by Gasteiger charge is 2.38. The van der Waals surface area contributed by atoms with Crippen LogP contribution in [-0.4, -0.2) is 98.3 Å². The lowest BCUT2D eigenvalue weighted by molar-refractivity contribution is -0.135. The van der Waals surface area contributed by atoms with Crippen LogP contribution in [0.4, 0.5) is 14.4 Å². The Morgan fingerprint density at radius 1 is 0.722 bits per heavy atom. The van der Waals surface area contributed by atoms with E-state index in [4.69, 9.17) is 9.47 Å². The number of imidazole rings is 2. The molecule has 0 bridgehead atoms. The van der Waals surface area contributed by atoms with Gasteiger partial charge in [-0.25, -0.2) is 34.8 Å². The predicted molar refractivity (Wildman–Crippen MR) is 201 cm³/mol. The van der Waals surface area contributed by atoms with Crippen LogP contribution in [0, 0.1) is 5.92 Å². The van der Waals surface area contributed by atoms with Crippen molar-refractivity contribution in [2.24, 2.45) is 5.92 Å². The first kappa shape index (κ1) is 37.9. The van der Waals surface area contributed by atoms with Gasteiger partial charge in [-0.2, -0.15) is 0 Å². The summed E-state index contributed by atoms with van der Waals surface area (Å²) < 4.78 is 9.46. The Labute approximate surface area is 314 Å². The second kappa shape index (κ2) is 16.4. The second-order valence-corrected chi connectivity index (χ2v) is 14.3. The molecule has 4 N–H and O–H groups in total. The Bertz CT molecular complexity index is 1800. The molecule has 2 aliphatic rings. The minimum atomic E-state index is -0.699. The van der Waals surface area contributed by atoms with E-state index < -0.39 is 18.2 Å². The average Bonchev–Trinajstić information content (AvgIpc) is 4.02. The van der Waals surface area contributed by atoms with Gasteiger partial charge in [-0.05, 0) is 67.7 Å². The van der Waals surface area contributed by atoms with Crippen LogP contribution in [0.15, 0.2) is 60.9 Å². The zero-order chi connectivity index (χ0) is 38.5. The number of nitrogens with one attached hydrogen (secondary N) is 4. The summed E-state index contributed by atoms with van der Waals surface area (Å²) in [5.41, 5.74) is 8.26. The molecule has 0 saturated carbocycles. The van der Waals surface area contributed by atoms with Gasteiger partial charge in [-0.1, -0.05) is 62.4 Å². The number of hydrogen-bond acceptors (Lipinski definition) is 8. The summed E-state index contributed by atoms with van der Waals surface area (Å²) in [7, 11) is 2.55. The molecule has 6 rings (SSSR count). The average molecular weight is 740 g/mol. The maximum Gasteiger partial charge on any atom is 0.425 e. The van der Waals surface area contributed by atoms with Crippen molar-refractivity contribution >= 4 is 24.1 Å². The van der Waals surface area contributed by atoms with Gasteiger partial charge < -0.3 is 34.6 Å². The molecule has 286 valence electrons. The van der Waals surface area contributed by atoms with Gasteiger partial charge >= 0.3 is 18.2 Å². The van der Waals surface area contributed by atoms with Crippen molar-refractivity contribution in [1.82, 2.24) is 45.5 Å². The number of carbonyl (C=O) groups excluding carboxylic acids is 4. The van der Waals surface area contributed by atoms with E-state index >= 15 is 0 Å². The summed E-state index contributed by atoms with van der Waals surface area (Å²) in [6.45, 7) is 8.59. The van der Waals surface area contributed by atoms with Gasteiger partial charge in [-0.15, -0.1) is 0 Å². The van der Waals surface area contributed by atoms with Crippen molar-refractivity contribution in [3.8, 4) is 33.6 Å². The number of H-pyrrole nitrogens is 2. The Hall–Kier alpha value is -5.86. The normalized spacial score (nSPS) is 17.5. The van der Waals surface area contributed by atoms with Crippen LogP contribution in [0.1, 0.15) is 77.1 Å². The molecule has 0 radical (unpaired) electrons. The van der Waals surface area contributed by atoms with E-state index in [1.54, 1.807) is 22.2 Å². The zero-order valence-electron chi connectivity index (χ0n) is 31.6. The second-order valence-electron chi connectivity index (χ2n) is 14.3. The van der Waals surface area contributed by atoms with Crippen molar-refractivity contribution in [2.45, 2.75) is 77.5 Å². The monoisotopic (exact) mass is 739 g/mol. The van der Waals surface area contributed by atoms with Gasteiger partial charge in [-0.3, -0.25) is 4.79 Å². The number of methoxy groups -OCH3 is 2. The van der Waals surface area contributed by atoms with E-state index in [9.17, 15) is 19.2 Å². The number of amides is 5. The third-order valence-corrected chi connectivity index (χ3v) is 10.1. The highest BCUT2D eigenvalue weighted by atomic mass is 16.5. The van der Waals surface area contributed by atoms with E-state index in [0.717, 1.165) is 65.1 Å². The van der Waals surface area contributed by atoms with Gasteiger partial charge in [0, 0.05) is 19.1 Å². The van der Waals surface area contributed by atoms with Crippen LogP contribution in [0.2, 0.25) is 0 Å². The zero-order valence-corrected chi connectivity index (χ0v) is 31.6. The minimum absolute atomic E-state index is 0.105. The van der Waals surface area contributed by atoms with Crippen molar-refractivity contribution < 1.29 is 28.7 Å². The van der Waals surface area contributed by atoms with E-state index in [1.165, 1.54) is 19.2 Å². The number of ether oxygens (including phenoxy) is 2. The lowest BCUT2D eigenvalue weighted by Gasteiger charge is -2.33. The molecule has 15 heteroatoms. The largest absolute Gasteiger partial charge is 0.453 e. The molecule has 5 amide bonds. The number of urea groups is 1. The number of benzene rings is 2. The van der Waals surface area contributed by atoms with Crippen molar-refractivity contribution in [2.75, 3.05) is 27.3 Å². The summed E-state index contributed by atoms with van der Waals surface area (Å²) in [4.78, 5) is 70.5. The fourth-order valence-corrected chi connectivity index (χ4v) is 7.14. The van der Waals surface area contributed by atoms with E-state index in [-0.39, 0.29) is 36.0 Å². The summed E-state index contributed by atoms with van der Waals surface area (Å²) >= 11 is 0. The molecule has 2 aromatic carbocycles. The van der Waals surface area contributed by atoms with E-state index in [1.807, 2.05) is 52.0 Å². The molecule has 4 heterocycles. The molecular weight excluding hydrogens is 690 g/mol. The van der Waals surface area contributed by atoms with Crippen molar-refractivity contribution in [3.05, 3.63) is 72.6 Å². The number of carbonyl (C=O) groups is 4. The van der Waals surface area contributed by atoms with Crippen LogP contribution in [0.3, 0.4) is 0 Å². The Kier molecular flexibility index (Phi) is 11.5. The number of rotatable bonds is 9. The summed E-state index contributed by atoms with van der Waals surface area (Å²) in [6, 6.07) is 14.7. The highest BCUT2D eigenvalue weighted by Crippen LogP contribution is 2.35. The van der Waals surface area contributed by atoms with Crippen LogP contribution in [0.25, 0.3) is 33.6 Å². The van der Waals surface area contributed by atoms with Crippen LogP contribution in [0.5, 0.6) is 0 Å². The molecule has 3 atom stereocenters. The molecule has 1 unspecified atom stereocenters. The Morgan fingerprint density at radius 2 is 1.19 bits per heavy atom. The molecule has 0 aliphatic carbocycles. The summed E-state index contributed by atoms with van der Waals surface area (Å²) in [5.74, 6) is 1.17. The molecule has 2 fully saturated rings. The summed E-state index contributed by atoms with van der Waals surface area (Å²) in [5, 5.41) is 3.98. The molecular formula is C39H49N9O6. The number of alkyl carbamates (subject to hydrolysis) is 1. The third-order valence-electron chi connectivity index (χ3n) is 10.1. The maximum absolute atomic E-state index is 13.5. The van der Waals surface area contributed by atoms with Crippen molar-refractivity contribution in [3.63, 3.8) is 0 Å². The first-order valence-corrected chi connectivity index (χ1v) is 18.4. The Balaban J connectivity index is 1.11. The topological polar surface area (TPSA) is 178 Å². The molecule has 54 heavy (non-hydrogen) atoms. The van der Waals surface area contributed by atoms with Crippen LogP contribution < -0.4 is 10.7 Å². The van der Waals surface area contributed by atoms with Gasteiger partial charge in [0.2, 0.25) is 5.91 Å². The standard InChI is InChI=1S/C39H49N9O6/c1-23(2)33(44-37(50)53-5)36(49)46-19-7-9-31(46)34-40-21-29(42-34)27-15-11-25(12-16-27)26-13-17-28(18-14-26)30-22-41-35(43-30)32-10-8-20-47(32)39(52)48(24(3)4)45-38(51)54-6/h11-18,21-24,31-33H,7-10,19-20H2,1-6H3,(H,40,42)(H,41,43)(H,44,50)(H,45,51)/t31-,32-,33?/m0/s1. The Morgan fingerprint density at radius 3 is 1.65 bits per heavy atom. The fraction of sp³-hybridized carbons (Fsp3) is 0.436. The lowest BCUT2D eigenvalue weighted by atomic mass is 10.0. The maximum atomic E-state index is 13.5. The van der Waals surface area contributed by atoms with Gasteiger partial charge in [0.25, 0.3) is 0 Å². The predicted octanol–water partition coefficient (Wildman–Crippen LogP) is 6.42. The van der Waals surface area contributed by atoms with E-state index in [2.05, 4.69) is 54.9 Å². The lowest BCUT2D eigenvalue weighted by Crippen LogP contribution is -2.54. The number of hydrazine groups is 1. The highest BCUT2D eigenvalue weighted by molar-refractivity contribution is 5.86. The first-order valence-electron chi connectivity index (χ1n) is 18.4. The van der Waals surface area contributed by atoms with Gasteiger partial charge in [0.15, 0.2) is 0 Å². The summed E-state index contributed by atoms with van der Waals surface area (Å²) in [6.07, 6.45) is 5.46. The van der Waals surface area contributed by atoms with Gasteiger partial charge in [0.05, 0.1) is 50.1 Å². The smallest absolute Gasteiger partial charge is 0.425 e. The number of hydrogen-bond donors (Lipinski definition) is 4. The molecule has 2 saturated heterocycles. The van der Waals surface area contributed by atoms with Crippen LogP contribution in [-0.2, 0) is 14.3 Å². The van der Waals surface area contributed by atoms with Gasteiger partial charge in [0.1, 0.15) is 17.7 Å². The first-order chi connectivity index (χ1) is 26.0. The number of aromatic amines is 2. The number of nitrogens with zero attached hydrogens (tertiary/aromatic N) is 5. The minimum Gasteiger partial charge on any atom is -0.453 e. The van der Waals surface area contributed by atoms with Crippen molar-refractivity contribution in [1.29, 1.82) is 0 Å². The molecule has 15 nitrogen and oxygen atoms in total. The molecule has 2 aromatic heterocycles. The molecule has 0 spiro atoms. The SMILES string of the molecule is COC(=O)NC(C(=O)N1CCC[C@H]1c1ncc(-c2ccc(-c3ccc(-c4cnc([C@@H]5CCCN5C(=O)N(NC(=O)OC)C(C)C)[nH]4)cc3)cc2)[nH]1)C(C)C. The number of likely N-dealkylation sites (tertiary alicyclic amines) is 2. The van der Waals surface area contributed by atoms with E-state index in [0.29, 0.717) is 18.9 Å². The van der Waals surface area contributed by atoms with Crippen LogP contribution >= 0.6 is 0 Å².